The predicted octanol–water partition coefficient (Wildman–Crippen LogP) is 3.89. The number of aromatic nitrogens is 6. The van der Waals surface area contributed by atoms with Gasteiger partial charge in [-0.3, -0.25) is 9.48 Å². The van der Waals surface area contributed by atoms with Gasteiger partial charge in [0.15, 0.2) is 11.5 Å². The van der Waals surface area contributed by atoms with Crippen molar-refractivity contribution in [3.8, 4) is 11.5 Å². The molecule has 0 bridgehead atoms. The fourth-order valence-corrected chi connectivity index (χ4v) is 3.42. The van der Waals surface area contributed by atoms with E-state index in [1.54, 1.807) is 24.5 Å². The van der Waals surface area contributed by atoms with Crippen molar-refractivity contribution in [1.82, 2.24) is 29.3 Å². The second-order valence-corrected chi connectivity index (χ2v) is 8.58. The Morgan fingerprint density at radius 2 is 1.84 bits per heavy atom. The van der Waals surface area contributed by atoms with Crippen molar-refractivity contribution < 1.29 is 9.53 Å². The van der Waals surface area contributed by atoms with Crippen molar-refractivity contribution in [2.24, 2.45) is 14.1 Å². The highest BCUT2D eigenvalue weighted by Crippen LogP contribution is 2.29. The van der Waals surface area contributed by atoms with E-state index in [1.807, 2.05) is 35.5 Å². The molecule has 166 valence electrons. The van der Waals surface area contributed by atoms with Gasteiger partial charge in [0.05, 0.1) is 11.7 Å². The van der Waals surface area contributed by atoms with Crippen LogP contribution in [0.3, 0.4) is 0 Å². The first-order chi connectivity index (χ1) is 15.1. The number of nitrogens with one attached hydrogen (secondary N) is 2. The summed E-state index contributed by atoms with van der Waals surface area (Å²) >= 11 is 0. The van der Waals surface area contributed by atoms with E-state index in [2.05, 4.69) is 51.5 Å². The number of amides is 1. The highest BCUT2D eigenvalue weighted by Gasteiger charge is 2.20. The van der Waals surface area contributed by atoms with Crippen LogP contribution in [-0.2, 0) is 24.3 Å². The molecule has 4 aromatic heterocycles. The molecule has 0 aliphatic rings. The minimum atomic E-state index is -0.199. The maximum absolute atomic E-state index is 11.2. The molecule has 0 saturated carbocycles. The molecule has 2 N–H and O–H groups in total. The minimum Gasteiger partial charge on any atom is -0.455 e. The molecule has 0 radical (unpaired) electrons. The molecule has 4 heterocycles. The number of anilines is 3. The number of fused-ring (bicyclic) bond motifs is 1. The second kappa shape index (κ2) is 7.95. The number of hydrogen-bond donors (Lipinski definition) is 2. The van der Waals surface area contributed by atoms with E-state index >= 15 is 0 Å². The maximum Gasteiger partial charge on any atom is 0.222 e. The Morgan fingerprint density at radius 1 is 1.06 bits per heavy atom. The standard InChI is InChI=1S/C22H26N8O2/c1-13(31)25-18-10-14(7-8-23-18)32-15-9-16-20(24-12-15)27-21(29(16)5)26-19-11-17(22(2,3)4)30(6)28-19/h7-12H,1-6H3,(H,23,25,31)(H,24,26,27,28). The van der Waals surface area contributed by atoms with E-state index in [9.17, 15) is 4.79 Å². The summed E-state index contributed by atoms with van der Waals surface area (Å²) in [5.74, 6) is 2.64. The van der Waals surface area contributed by atoms with Crippen LogP contribution in [-0.4, -0.2) is 35.2 Å². The predicted molar refractivity (Wildman–Crippen MR) is 122 cm³/mol. The fourth-order valence-electron chi connectivity index (χ4n) is 3.42. The number of aryl methyl sites for hydroxylation is 2. The van der Waals surface area contributed by atoms with Crippen LogP contribution in [0.1, 0.15) is 33.4 Å². The topological polar surface area (TPSA) is 112 Å². The van der Waals surface area contributed by atoms with Crippen molar-refractivity contribution in [2.75, 3.05) is 10.6 Å². The molecule has 4 rings (SSSR count). The van der Waals surface area contributed by atoms with Gasteiger partial charge in [0.25, 0.3) is 0 Å². The number of hydrogen-bond acceptors (Lipinski definition) is 7. The highest BCUT2D eigenvalue weighted by molar-refractivity contribution is 5.87. The molecule has 0 atom stereocenters. The first-order valence-electron chi connectivity index (χ1n) is 10.2. The SMILES string of the molecule is CC(=O)Nc1cc(Oc2cnc3nc(Nc4cc(C(C)(C)C)n(C)n4)n(C)c3c2)ccn1. The molecule has 32 heavy (non-hydrogen) atoms. The van der Waals surface area contributed by atoms with E-state index in [0.717, 1.165) is 17.0 Å². The molecule has 0 aromatic carbocycles. The lowest BCUT2D eigenvalue weighted by Crippen LogP contribution is -2.16. The van der Waals surface area contributed by atoms with Gasteiger partial charge in [0.1, 0.15) is 17.3 Å². The van der Waals surface area contributed by atoms with Crippen LogP contribution in [0.2, 0.25) is 0 Å². The average Bonchev–Trinajstić information content (AvgIpc) is 3.22. The Labute approximate surface area is 185 Å². The summed E-state index contributed by atoms with van der Waals surface area (Å²) in [7, 11) is 3.83. The summed E-state index contributed by atoms with van der Waals surface area (Å²) in [6, 6.07) is 7.24. The Hall–Kier alpha value is -3.95. The van der Waals surface area contributed by atoms with Gasteiger partial charge in [-0.2, -0.15) is 10.1 Å². The third kappa shape index (κ3) is 4.39. The molecule has 10 nitrogen and oxygen atoms in total. The van der Waals surface area contributed by atoms with Gasteiger partial charge in [-0.25, -0.2) is 9.97 Å². The maximum atomic E-state index is 11.2. The van der Waals surface area contributed by atoms with Crippen LogP contribution < -0.4 is 15.4 Å². The molecular weight excluding hydrogens is 408 g/mol. The van der Waals surface area contributed by atoms with Crippen molar-refractivity contribution in [1.29, 1.82) is 0 Å². The lowest BCUT2D eigenvalue weighted by atomic mass is 9.92. The first-order valence-corrected chi connectivity index (χ1v) is 10.2. The largest absolute Gasteiger partial charge is 0.455 e. The first kappa shape index (κ1) is 21.3. The Kier molecular flexibility index (Phi) is 5.29. The van der Waals surface area contributed by atoms with Crippen molar-refractivity contribution in [3.05, 3.63) is 42.4 Å². The van der Waals surface area contributed by atoms with Gasteiger partial charge < -0.3 is 19.9 Å². The van der Waals surface area contributed by atoms with Crippen LogP contribution in [0.5, 0.6) is 11.5 Å². The zero-order valence-corrected chi connectivity index (χ0v) is 19.0. The van der Waals surface area contributed by atoms with Crippen LogP contribution >= 0.6 is 0 Å². The van der Waals surface area contributed by atoms with E-state index in [4.69, 9.17) is 4.74 Å². The lowest BCUT2D eigenvalue weighted by molar-refractivity contribution is -0.114. The molecule has 0 spiro atoms. The summed E-state index contributed by atoms with van der Waals surface area (Å²) < 4.78 is 9.69. The summed E-state index contributed by atoms with van der Waals surface area (Å²) in [5.41, 5.74) is 2.48. The fraction of sp³-hybridized carbons (Fsp3) is 0.318. The van der Waals surface area contributed by atoms with E-state index in [1.165, 1.54) is 6.92 Å². The van der Waals surface area contributed by atoms with E-state index in [-0.39, 0.29) is 11.3 Å². The lowest BCUT2D eigenvalue weighted by Gasteiger charge is -2.17. The molecule has 0 unspecified atom stereocenters. The van der Waals surface area contributed by atoms with Crippen molar-refractivity contribution in [2.45, 2.75) is 33.1 Å². The smallest absolute Gasteiger partial charge is 0.222 e. The summed E-state index contributed by atoms with van der Waals surface area (Å²) in [5, 5.41) is 10.5. The van der Waals surface area contributed by atoms with E-state index < -0.39 is 0 Å². The van der Waals surface area contributed by atoms with Crippen LogP contribution in [0.25, 0.3) is 11.2 Å². The highest BCUT2D eigenvalue weighted by atomic mass is 16.5. The average molecular weight is 435 g/mol. The molecular formula is C22H26N8O2. The van der Waals surface area contributed by atoms with Gasteiger partial charge in [0, 0.05) is 56.5 Å². The monoisotopic (exact) mass is 434 g/mol. The van der Waals surface area contributed by atoms with Gasteiger partial charge in [-0.1, -0.05) is 20.8 Å². The van der Waals surface area contributed by atoms with Gasteiger partial charge in [0.2, 0.25) is 11.9 Å². The number of carbonyl (C=O) groups excluding carboxylic acids is 1. The third-order valence-corrected chi connectivity index (χ3v) is 4.87. The molecule has 0 aliphatic carbocycles. The quantitative estimate of drug-likeness (QED) is 0.490. The van der Waals surface area contributed by atoms with Gasteiger partial charge >= 0.3 is 0 Å². The molecule has 4 aromatic rings. The Morgan fingerprint density at radius 3 is 2.53 bits per heavy atom. The number of ether oxygens (including phenoxy) is 1. The zero-order chi connectivity index (χ0) is 23.0. The number of imidazole rings is 1. The molecule has 10 heteroatoms. The van der Waals surface area contributed by atoms with Crippen molar-refractivity contribution in [3.63, 3.8) is 0 Å². The van der Waals surface area contributed by atoms with Crippen LogP contribution in [0, 0.1) is 0 Å². The molecule has 0 saturated heterocycles. The second-order valence-electron chi connectivity index (χ2n) is 8.58. The molecule has 0 fully saturated rings. The number of rotatable bonds is 5. The van der Waals surface area contributed by atoms with Crippen molar-refractivity contribution >= 4 is 34.7 Å². The van der Waals surface area contributed by atoms with E-state index in [0.29, 0.717) is 28.9 Å². The molecule has 0 aliphatic heterocycles. The normalized spacial score (nSPS) is 11.6. The number of carbonyl (C=O) groups is 1. The summed E-state index contributed by atoms with van der Waals surface area (Å²) in [4.78, 5) is 24.3. The number of pyridine rings is 2. The molecule has 1 amide bonds. The Balaban J connectivity index is 1.59. The Bertz CT molecular complexity index is 1300. The third-order valence-electron chi connectivity index (χ3n) is 4.87. The van der Waals surface area contributed by atoms with Crippen LogP contribution in [0.4, 0.5) is 17.6 Å². The zero-order valence-electron chi connectivity index (χ0n) is 19.0. The number of nitrogens with zero attached hydrogens (tertiary/aromatic N) is 6. The summed E-state index contributed by atoms with van der Waals surface area (Å²) in [6.07, 6.45) is 3.17. The van der Waals surface area contributed by atoms with Gasteiger partial charge in [-0.05, 0) is 6.07 Å². The summed E-state index contributed by atoms with van der Waals surface area (Å²) in [6.45, 7) is 7.87. The van der Waals surface area contributed by atoms with Gasteiger partial charge in [-0.15, -0.1) is 0 Å². The van der Waals surface area contributed by atoms with Crippen LogP contribution in [0.15, 0.2) is 36.7 Å². The minimum absolute atomic E-state index is 0.0193.